The van der Waals surface area contributed by atoms with Crippen LogP contribution < -0.4 is 15.5 Å². The summed E-state index contributed by atoms with van der Waals surface area (Å²) >= 11 is 0. The number of aromatic nitrogens is 5. The van der Waals surface area contributed by atoms with Crippen LogP contribution in [0, 0.1) is 5.92 Å². The summed E-state index contributed by atoms with van der Waals surface area (Å²) < 4.78 is 6.83. The van der Waals surface area contributed by atoms with Crippen molar-refractivity contribution in [2.24, 2.45) is 5.92 Å². The summed E-state index contributed by atoms with van der Waals surface area (Å²) in [7, 11) is 0. The Morgan fingerprint density at radius 1 is 1.03 bits per heavy atom. The van der Waals surface area contributed by atoms with Crippen LogP contribution >= 0.6 is 12.4 Å². The molecule has 38 heavy (non-hydrogen) atoms. The normalized spacial score (nSPS) is 18.5. The minimum absolute atomic E-state index is 0. The molecule has 0 radical (unpaired) electrons. The molecule has 13 heteroatoms. The molecule has 4 aromatic rings. The minimum atomic E-state index is -0.885. The molecule has 2 aliphatic rings. The number of benzene rings is 1. The van der Waals surface area contributed by atoms with Gasteiger partial charge in [0.25, 0.3) is 5.78 Å². The molecule has 6 rings (SSSR count). The molecule has 3 aromatic heterocycles. The van der Waals surface area contributed by atoms with Gasteiger partial charge in [-0.15, -0.1) is 17.5 Å². The van der Waals surface area contributed by atoms with Crippen molar-refractivity contribution in [2.45, 2.75) is 12.8 Å². The van der Waals surface area contributed by atoms with E-state index in [1.165, 1.54) is 4.52 Å². The summed E-state index contributed by atoms with van der Waals surface area (Å²) in [4.78, 5) is 32.1. The smallest absolute Gasteiger partial charge is 0.337 e. The van der Waals surface area contributed by atoms with Crippen molar-refractivity contribution >= 4 is 41.7 Å². The van der Waals surface area contributed by atoms with Crippen molar-refractivity contribution in [3.05, 3.63) is 48.2 Å². The Labute approximate surface area is 225 Å². The molecule has 0 bridgehead atoms. The number of nitrogen functional groups attached to an aromatic ring is 1. The number of carboxylic acids is 1. The van der Waals surface area contributed by atoms with E-state index < -0.39 is 5.97 Å². The molecular formula is C25H30ClN9O3. The maximum absolute atomic E-state index is 11.6. The third-order valence-electron chi connectivity index (χ3n) is 7.13. The average molecular weight is 540 g/mol. The predicted octanol–water partition coefficient (Wildman–Crippen LogP) is 2.52. The van der Waals surface area contributed by atoms with Gasteiger partial charge in [0.1, 0.15) is 0 Å². The van der Waals surface area contributed by atoms with E-state index in [-0.39, 0.29) is 18.4 Å². The molecule has 0 spiro atoms. The quantitative estimate of drug-likeness (QED) is 0.373. The van der Waals surface area contributed by atoms with E-state index in [2.05, 4.69) is 34.8 Å². The zero-order valence-corrected chi connectivity index (χ0v) is 21.6. The molecule has 12 nitrogen and oxygen atoms in total. The van der Waals surface area contributed by atoms with E-state index >= 15 is 0 Å². The lowest BCUT2D eigenvalue weighted by molar-refractivity contribution is 0.0697. The number of nitrogens with zero attached hydrogens (tertiary/aromatic N) is 8. The topological polar surface area (TPSA) is 142 Å². The molecule has 0 aliphatic carbocycles. The Morgan fingerprint density at radius 2 is 1.84 bits per heavy atom. The molecular weight excluding hydrogens is 510 g/mol. The first-order valence-electron chi connectivity index (χ1n) is 12.5. The van der Waals surface area contributed by atoms with E-state index in [9.17, 15) is 9.90 Å². The second kappa shape index (κ2) is 10.8. The Kier molecular flexibility index (Phi) is 7.34. The summed E-state index contributed by atoms with van der Waals surface area (Å²) in [6.45, 7) is 6.10. The number of para-hydroxylation sites is 1. The first kappa shape index (κ1) is 25.7. The Morgan fingerprint density at radius 3 is 2.61 bits per heavy atom. The van der Waals surface area contributed by atoms with Crippen LogP contribution in [0.15, 0.2) is 47.1 Å². The molecule has 3 N–H and O–H groups in total. The van der Waals surface area contributed by atoms with E-state index in [0.29, 0.717) is 34.8 Å². The van der Waals surface area contributed by atoms with Gasteiger partial charge in [0.2, 0.25) is 17.7 Å². The van der Waals surface area contributed by atoms with Crippen molar-refractivity contribution in [1.29, 1.82) is 0 Å². The van der Waals surface area contributed by atoms with E-state index in [1.54, 1.807) is 30.5 Å². The van der Waals surface area contributed by atoms with Crippen molar-refractivity contribution in [3.63, 3.8) is 0 Å². The Hall–Kier alpha value is -3.90. The van der Waals surface area contributed by atoms with Gasteiger partial charge >= 0.3 is 5.97 Å². The van der Waals surface area contributed by atoms with Crippen LogP contribution in [0.5, 0.6) is 0 Å². The third kappa shape index (κ3) is 5.09. The van der Waals surface area contributed by atoms with Gasteiger partial charge < -0.3 is 25.1 Å². The van der Waals surface area contributed by atoms with Gasteiger partial charge in [-0.3, -0.25) is 4.90 Å². The number of piperidine rings is 1. The Bertz CT molecular complexity index is 1400. The van der Waals surface area contributed by atoms with Gasteiger partial charge in [-0.1, -0.05) is 12.1 Å². The van der Waals surface area contributed by atoms with Crippen LogP contribution in [0.2, 0.25) is 0 Å². The van der Waals surface area contributed by atoms with E-state index in [1.807, 2.05) is 12.1 Å². The van der Waals surface area contributed by atoms with Crippen LogP contribution in [0.4, 0.5) is 17.6 Å². The number of carbonyl (C=O) groups is 1. The number of rotatable bonds is 6. The van der Waals surface area contributed by atoms with Crippen molar-refractivity contribution in [3.8, 4) is 11.6 Å². The largest absolute Gasteiger partial charge is 0.478 e. The van der Waals surface area contributed by atoms with Gasteiger partial charge in [0.15, 0.2) is 5.76 Å². The zero-order chi connectivity index (χ0) is 25.4. The summed E-state index contributed by atoms with van der Waals surface area (Å²) in [5.74, 6) is 1.77. The molecule has 5 heterocycles. The number of piperazine rings is 1. The molecule has 200 valence electrons. The number of fused-ring (bicyclic) bond motifs is 1. The first-order valence-corrected chi connectivity index (χ1v) is 12.5. The fraction of sp³-hybridized carbons (Fsp3) is 0.400. The molecule has 0 unspecified atom stereocenters. The SMILES string of the molecule is Cl.Nc1nc(N2CCC[C@@H](CN3CCN(c4ccccc4C(=O)O)CC3)C2)nc2nc(-c3ccco3)nn12. The Balaban J connectivity index is 0.00000294. The van der Waals surface area contributed by atoms with Gasteiger partial charge in [-0.25, -0.2) is 4.79 Å². The van der Waals surface area contributed by atoms with Crippen LogP contribution in [-0.4, -0.2) is 86.4 Å². The highest BCUT2D eigenvalue weighted by atomic mass is 35.5. The maximum atomic E-state index is 11.6. The number of aromatic carboxylic acids is 1. The first-order chi connectivity index (χ1) is 18.0. The monoisotopic (exact) mass is 539 g/mol. The number of anilines is 3. The highest BCUT2D eigenvalue weighted by Crippen LogP contribution is 2.26. The number of furan rings is 1. The van der Waals surface area contributed by atoms with Crippen molar-refractivity contribution < 1.29 is 14.3 Å². The highest BCUT2D eigenvalue weighted by Gasteiger charge is 2.27. The van der Waals surface area contributed by atoms with Crippen molar-refractivity contribution in [2.75, 3.05) is 61.3 Å². The van der Waals surface area contributed by atoms with Crippen LogP contribution in [-0.2, 0) is 0 Å². The van der Waals surface area contributed by atoms with E-state index in [4.69, 9.17) is 10.2 Å². The summed E-state index contributed by atoms with van der Waals surface area (Å²) in [6.07, 6.45) is 3.77. The summed E-state index contributed by atoms with van der Waals surface area (Å²) in [5.41, 5.74) is 7.37. The average Bonchev–Trinajstić information content (AvgIpc) is 3.60. The molecule has 1 atom stereocenters. The minimum Gasteiger partial charge on any atom is -0.478 e. The van der Waals surface area contributed by atoms with Gasteiger partial charge in [0.05, 0.1) is 17.5 Å². The fourth-order valence-corrected chi connectivity index (χ4v) is 5.31. The second-order valence-corrected chi connectivity index (χ2v) is 9.57. The lowest BCUT2D eigenvalue weighted by atomic mass is 9.97. The summed E-state index contributed by atoms with van der Waals surface area (Å²) in [5, 5.41) is 13.9. The number of halogens is 1. The number of carboxylic acid groups (broad SMARTS) is 1. The van der Waals surface area contributed by atoms with Gasteiger partial charge in [0, 0.05) is 45.8 Å². The number of hydrogen-bond donors (Lipinski definition) is 2. The van der Waals surface area contributed by atoms with Gasteiger partial charge in [-0.05, 0) is 43.0 Å². The predicted molar refractivity (Wildman–Crippen MR) is 145 cm³/mol. The number of nitrogens with two attached hydrogens (primary N) is 1. The summed E-state index contributed by atoms with van der Waals surface area (Å²) in [6, 6.07) is 10.8. The number of hydrogen-bond acceptors (Lipinski definition) is 10. The fourth-order valence-electron chi connectivity index (χ4n) is 5.31. The highest BCUT2D eigenvalue weighted by molar-refractivity contribution is 5.94. The van der Waals surface area contributed by atoms with Gasteiger partial charge in [-0.2, -0.15) is 19.5 Å². The molecule has 2 fully saturated rings. The molecule has 0 amide bonds. The van der Waals surface area contributed by atoms with Crippen molar-refractivity contribution in [1.82, 2.24) is 29.5 Å². The van der Waals surface area contributed by atoms with Crippen LogP contribution in [0.25, 0.3) is 17.4 Å². The standard InChI is InChI=1S/C25H29N9O3.ClH/c26-23-28-24(29-25-27-21(30-34(23)25)20-8-4-14-37-20)33-9-3-5-17(16-33)15-31-10-12-32(13-11-31)19-7-2-1-6-18(19)22(35)36;/h1-2,4,6-8,14,17H,3,5,9-13,15-16H2,(H,35,36)(H2,26,27,28,29,30);1H/t17-;/m0./s1. The molecule has 2 saturated heterocycles. The molecule has 1 aromatic carbocycles. The molecule has 0 saturated carbocycles. The van der Waals surface area contributed by atoms with Crippen LogP contribution in [0.3, 0.4) is 0 Å². The lowest BCUT2D eigenvalue weighted by Gasteiger charge is -2.40. The molecule has 2 aliphatic heterocycles. The van der Waals surface area contributed by atoms with Crippen LogP contribution in [0.1, 0.15) is 23.2 Å². The third-order valence-corrected chi connectivity index (χ3v) is 7.13. The second-order valence-electron chi connectivity index (χ2n) is 9.57. The van der Waals surface area contributed by atoms with E-state index in [0.717, 1.165) is 64.3 Å². The zero-order valence-electron chi connectivity index (χ0n) is 20.8. The lowest BCUT2D eigenvalue weighted by Crippen LogP contribution is -2.50. The maximum Gasteiger partial charge on any atom is 0.337 e.